The van der Waals surface area contributed by atoms with Crippen molar-refractivity contribution in [1.29, 1.82) is 0 Å². The van der Waals surface area contributed by atoms with Crippen molar-refractivity contribution >= 4 is 23.2 Å². The predicted molar refractivity (Wildman–Crippen MR) is 77.3 cm³/mol. The summed E-state index contributed by atoms with van der Waals surface area (Å²) in [5, 5.41) is 11.2. The Kier molecular flexibility index (Phi) is 3.78. The third-order valence-electron chi connectivity index (χ3n) is 4.34. The summed E-state index contributed by atoms with van der Waals surface area (Å²) in [5.74, 6) is -0.946. The molecule has 1 N–H and O–H groups in total. The monoisotopic (exact) mass is 293 g/mol. The van der Waals surface area contributed by atoms with Gasteiger partial charge in [-0.05, 0) is 50.5 Å². The largest absolute Gasteiger partial charge is 0.480 e. The van der Waals surface area contributed by atoms with Gasteiger partial charge in [-0.2, -0.15) is 0 Å². The van der Waals surface area contributed by atoms with Crippen LogP contribution >= 0.6 is 11.3 Å². The maximum absolute atomic E-state index is 12.7. The highest BCUT2D eigenvalue weighted by Crippen LogP contribution is 2.32. The minimum absolute atomic E-state index is 0.0727. The first-order chi connectivity index (χ1) is 9.68. The van der Waals surface area contributed by atoms with Gasteiger partial charge in [-0.15, -0.1) is 11.3 Å². The summed E-state index contributed by atoms with van der Waals surface area (Å²) in [5.41, 5.74) is 1.94. The van der Waals surface area contributed by atoms with E-state index in [0.717, 1.165) is 37.7 Å². The lowest BCUT2D eigenvalue weighted by atomic mass is 9.94. The van der Waals surface area contributed by atoms with E-state index in [0.29, 0.717) is 13.0 Å². The van der Waals surface area contributed by atoms with Gasteiger partial charge in [0, 0.05) is 16.8 Å². The molecule has 108 valence electrons. The molecule has 0 bridgehead atoms. The van der Waals surface area contributed by atoms with Crippen LogP contribution in [0.25, 0.3) is 0 Å². The zero-order chi connectivity index (χ0) is 14.1. The summed E-state index contributed by atoms with van der Waals surface area (Å²) in [4.78, 5) is 26.9. The van der Waals surface area contributed by atoms with E-state index < -0.39 is 12.0 Å². The standard InChI is InChI=1S/C15H19NO3S/c17-14(16-8-4-3-6-12(16)15(18)19)11-9-20-13-7-2-1-5-10(11)13/h9,12H,1-8H2,(H,18,19)/t12-/m0/s1. The Labute approximate surface area is 122 Å². The van der Waals surface area contributed by atoms with Crippen molar-refractivity contribution in [2.75, 3.05) is 6.54 Å². The fourth-order valence-electron chi connectivity index (χ4n) is 3.26. The van der Waals surface area contributed by atoms with Gasteiger partial charge in [0.1, 0.15) is 6.04 Å². The summed E-state index contributed by atoms with van der Waals surface area (Å²) < 4.78 is 0. The van der Waals surface area contributed by atoms with Crippen LogP contribution in [0.3, 0.4) is 0 Å². The minimum Gasteiger partial charge on any atom is -0.480 e. The van der Waals surface area contributed by atoms with E-state index in [4.69, 9.17) is 0 Å². The van der Waals surface area contributed by atoms with Gasteiger partial charge in [0.05, 0.1) is 5.56 Å². The van der Waals surface area contributed by atoms with E-state index in [2.05, 4.69) is 0 Å². The quantitative estimate of drug-likeness (QED) is 0.912. The minimum atomic E-state index is -0.873. The number of carbonyl (C=O) groups excluding carboxylic acids is 1. The van der Waals surface area contributed by atoms with E-state index in [1.165, 1.54) is 16.9 Å². The molecule has 4 nitrogen and oxygen atoms in total. The molecule has 0 aromatic carbocycles. The molecule has 0 radical (unpaired) electrons. The molecule has 1 atom stereocenters. The molecule has 1 aliphatic heterocycles. The molecular formula is C15H19NO3S. The van der Waals surface area contributed by atoms with E-state index in [-0.39, 0.29) is 5.91 Å². The highest BCUT2D eigenvalue weighted by molar-refractivity contribution is 7.10. The second-order valence-corrected chi connectivity index (χ2v) is 6.57. The maximum atomic E-state index is 12.7. The van der Waals surface area contributed by atoms with Crippen molar-refractivity contribution in [2.45, 2.75) is 51.0 Å². The molecule has 2 aliphatic rings. The van der Waals surface area contributed by atoms with Crippen LogP contribution < -0.4 is 0 Å². The van der Waals surface area contributed by atoms with Gasteiger partial charge in [-0.25, -0.2) is 4.79 Å². The van der Waals surface area contributed by atoms with Crippen molar-refractivity contribution in [3.63, 3.8) is 0 Å². The molecule has 20 heavy (non-hydrogen) atoms. The third kappa shape index (κ3) is 2.35. The number of piperidine rings is 1. The Morgan fingerprint density at radius 1 is 1.20 bits per heavy atom. The molecule has 1 saturated heterocycles. The average molecular weight is 293 g/mol. The molecule has 2 heterocycles. The SMILES string of the molecule is O=C(O)[C@@H]1CCCCN1C(=O)c1csc2c1CCCC2. The van der Waals surface area contributed by atoms with Crippen molar-refractivity contribution in [3.8, 4) is 0 Å². The average Bonchev–Trinajstić information content (AvgIpc) is 2.90. The van der Waals surface area contributed by atoms with Crippen LogP contribution in [0.5, 0.6) is 0 Å². The number of carboxylic acid groups (broad SMARTS) is 1. The van der Waals surface area contributed by atoms with Gasteiger partial charge in [0.25, 0.3) is 5.91 Å². The van der Waals surface area contributed by atoms with Crippen LogP contribution in [0.1, 0.15) is 52.9 Å². The first-order valence-electron chi connectivity index (χ1n) is 7.31. The number of rotatable bonds is 2. The van der Waals surface area contributed by atoms with Crippen LogP contribution in [-0.4, -0.2) is 34.5 Å². The summed E-state index contributed by atoms with van der Waals surface area (Å²) in [6.45, 7) is 0.570. The lowest BCUT2D eigenvalue weighted by Crippen LogP contribution is -2.48. The van der Waals surface area contributed by atoms with Crippen molar-refractivity contribution in [3.05, 3.63) is 21.4 Å². The van der Waals surface area contributed by atoms with Crippen molar-refractivity contribution in [2.24, 2.45) is 0 Å². The van der Waals surface area contributed by atoms with E-state index in [1.807, 2.05) is 5.38 Å². The van der Waals surface area contributed by atoms with Crippen LogP contribution in [0.15, 0.2) is 5.38 Å². The first kappa shape index (κ1) is 13.6. The van der Waals surface area contributed by atoms with Crippen LogP contribution in [0, 0.1) is 0 Å². The van der Waals surface area contributed by atoms with Gasteiger partial charge in [-0.3, -0.25) is 4.79 Å². The number of thiophene rings is 1. The highest BCUT2D eigenvalue weighted by Gasteiger charge is 2.34. The molecule has 1 aliphatic carbocycles. The van der Waals surface area contributed by atoms with Crippen molar-refractivity contribution in [1.82, 2.24) is 4.90 Å². The Hall–Kier alpha value is -1.36. The Morgan fingerprint density at radius 2 is 2.00 bits per heavy atom. The number of hydrogen-bond donors (Lipinski definition) is 1. The van der Waals surface area contributed by atoms with Gasteiger partial charge < -0.3 is 10.0 Å². The normalized spacial score (nSPS) is 22.4. The molecule has 1 fully saturated rings. The van der Waals surface area contributed by atoms with Gasteiger partial charge in [-0.1, -0.05) is 0 Å². The number of aryl methyl sites for hydroxylation is 1. The second kappa shape index (κ2) is 5.56. The van der Waals surface area contributed by atoms with Gasteiger partial charge in [0.2, 0.25) is 0 Å². The first-order valence-corrected chi connectivity index (χ1v) is 8.19. The molecule has 5 heteroatoms. The number of carboxylic acids is 1. The van der Waals surface area contributed by atoms with Crippen LogP contribution in [0.2, 0.25) is 0 Å². The van der Waals surface area contributed by atoms with E-state index in [1.54, 1.807) is 16.2 Å². The molecule has 0 unspecified atom stereocenters. The molecule has 3 rings (SSSR count). The van der Waals surface area contributed by atoms with Gasteiger partial charge >= 0.3 is 5.97 Å². The molecule has 1 aromatic heterocycles. The lowest BCUT2D eigenvalue weighted by molar-refractivity contribution is -0.143. The molecular weight excluding hydrogens is 274 g/mol. The third-order valence-corrected chi connectivity index (χ3v) is 5.43. The molecule has 1 aromatic rings. The lowest BCUT2D eigenvalue weighted by Gasteiger charge is -2.33. The predicted octanol–water partition coefficient (Wildman–Crippen LogP) is 2.71. The number of likely N-dealkylation sites (tertiary alicyclic amines) is 1. The number of aliphatic carboxylic acids is 1. The van der Waals surface area contributed by atoms with E-state index >= 15 is 0 Å². The zero-order valence-electron chi connectivity index (χ0n) is 11.4. The second-order valence-electron chi connectivity index (χ2n) is 5.61. The summed E-state index contributed by atoms with van der Waals surface area (Å²) in [6, 6.07) is -0.643. The molecule has 1 amide bonds. The fourth-order valence-corrected chi connectivity index (χ4v) is 4.38. The molecule has 0 saturated carbocycles. The fraction of sp³-hybridized carbons (Fsp3) is 0.600. The summed E-state index contributed by atoms with van der Waals surface area (Å²) >= 11 is 1.66. The summed E-state index contributed by atoms with van der Waals surface area (Å²) in [6.07, 6.45) is 6.73. The Bertz CT molecular complexity index is 537. The summed E-state index contributed by atoms with van der Waals surface area (Å²) in [7, 11) is 0. The van der Waals surface area contributed by atoms with E-state index in [9.17, 15) is 14.7 Å². The Morgan fingerprint density at radius 3 is 2.80 bits per heavy atom. The highest BCUT2D eigenvalue weighted by atomic mass is 32.1. The van der Waals surface area contributed by atoms with Crippen LogP contribution in [0.4, 0.5) is 0 Å². The van der Waals surface area contributed by atoms with Crippen molar-refractivity contribution < 1.29 is 14.7 Å². The number of fused-ring (bicyclic) bond motifs is 1. The van der Waals surface area contributed by atoms with Crippen LogP contribution in [-0.2, 0) is 17.6 Å². The topological polar surface area (TPSA) is 57.6 Å². The number of carbonyl (C=O) groups is 2. The zero-order valence-corrected chi connectivity index (χ0v) is 12.2. The smallest absolute Gasteiger partial charge is 0.326 e. The Balaban J connectivity index is 1.87. The number of nitrogens with zero attached hydrogens (tertiary/aromatic N) is 1. The number of amides is 1. The molecule has 0 spiro atoms. The maximum Gasteiger partial charge on any atom is 0.326 e. The number of hydrogen-bond acceptors (Lipinski definition) is 3. The van der Waals surface area contributed by atoms with Gasteiger partial charge in [0.15, 0.2) is 0 Å².